The first kappa shape index (κ1) is 9.92. The number of hydrogen-bond donors (Lipinski definition) is 2. The zero-order valence-corrected chi connectivity index (χ0v) is 8.01. The number of nitro benzene ring substituents is 1. The van der Waals surface area contributed by atoms with E-state index in [1.807, 2.05) is 0 Å². The molecule has 0 unspecified atom stereocenters. The van der Waals surface area contributed by atoms with Crippen LogP contribution in [0.1, 0.15) is 18.4 Å². The van der Waals surface area contributed by atoms with Gasteiger partial charge in [0.1, 0.15) is 0 Å². The fourth-order valence-corrected chi connectivity index (χ4v) is 1.53. The summed E-state index contributed by atoms with van der Waals surface area (Å²) in [7, 11) is 0. The molecule has 0 amide bonds. The Morgan fingerprint density at radius 3 is 2.60 bits per heavy atom. The lowest BCUT2D eigenvalue weighted by atomic mass is 10.1. The van der Waals surface area contributed by atoms with E-state index in [2.05, 4.69) is 0 Å². The topological polar surface area (TPSA) is 83.6 Å². The van der Waals surface area contributed by atoms with Gasteiger partial charge in [0, 0.05) is 12.5 Å². The molecule has 0 spiro atoms. The number of aliphatic hydroxyl groups is 1. The van der Waals surface area contributed by atoms with Crippen molar-refractivity contribution in [1.82, 2.24) is 0 Å². The van der Waals surface area contributed by atoms with Crippen LogP contribution in [-0.2, 0) is 6.42 Å². The van der Waals surface area contributed by atoms with Gasteiger partial charge in [-0.3, -0.25) is 10.1 Å². The largest absolute Gasteiger partial charge is 0.502 e. The molecule has 0 atom stereocenters. The molecule has 2 rings (SSSR count). The van der Waals surface area contributed by atoms with Crippen molar-refractivity contribution >= 4 is 5.69 Å². The van der Waals surface area contributed by atoms with Gasteiger partial charge in [-0.05, 0) is 24.5 Å². The molecule has 0 aromatic heterocycles. The van der Waals surface area contributed by atoms with Crippen LogP contribution in [0.25, 0.3) is 0 Å². The Balaban J connectivity index is 2.21. The monoisotopic (exact) mass is 209 g/mol. The van der Waals surface area contributed by atoms with Crippen molar-refractivity contribution in [2.75, 3.05) is 0 Å². The van der Waals surface area contributed by atoms with Gasteiger partial charge in [0.2, 0.25) is 0 Å². The molecule has 0 radical (unpaired) electrons. The third-order valence-corrected chi connectivity index (χ3v) is 2.60. The van der Waals surface area contributed by atoms with Crippen molar-refractivity contribution in [2.45, 2.75) is 24.9 Å². The van der Waals surface area contributed by atoms with E-state index >= 15 is 0 Å². The first-order valence-electron chi connectivity index (χ1n) is 4.69. The average molecular weight is 209 g/mol. The van der Waals surface area contributed by atoms with Crippen molar-refractivity contribution in [3.8, 4) is 5.75 Å². The fraction of sp³-hybridized carbons (Fsp3) is 0.400. The predicted molar refractivity (Wildman–Crippen MR) is 52.6 cm³/mol. The van der Waals surface area contributed by atoms with Crippen molar-refractivity contribution in [1.29, 1.82) is 0 Å². The molecule has 1 fully saturated rings. The summed E-state index contributed by atoms with van der Waals surface area (Å²) in [6.45, 7) is 0. The van der Waals surface area contributed by atoms with Crippen LogP contribution in [0.15, 0.2) is 18.2 Å². The molecule has 15 heavy (non-hydrogen) atoms. The lowest BCUT2D eigenvalue weighted by Gasteiger charge is -2.07. The molecule has 1 aromatic rings. The summed E-state index contributed by atoms with van der Waals surface area (Å²) in [4.78, 5) is 9.79. The SMILES string of the molecule is O=[N+]([O-])c1ccc(CC2(O)CC2)cc1O. The molecular weight excluding hydrogens is 198 g/mol. The molecule has 0 heterocycles. The van der Waals surface area contributed by atoms with Gasteiger partial charge in [-0.2, -0.15) is 0 Å². The zero-order chi connectivity index (χ0) is 11.1. The average Bonchev–Trinajstić information content (AvgIpc) is 2.82. The van der Waals surface area contributed by atoms with Gasteiger partial charge in [-0.25, -0.2) is 0 Å². The lowest BCUT2D eigenvalue weighted by molar-refractivity contribution is -0.385. The number of nitrogens with zero attached hydrogens (tertiary/aromatic N) is 1. The standard InChI is InChI=1S/C10H11NO4/c12-9-5-7(6-10(13)3-4-10)1-2-8(9)11(14)15/h1-2,5,12-13H,3-4,6H2. The number of rotatable bonds is 3. The lowest BCUT2D eigenvalue weighted by Crippen LogP contribution is -2.10. The molecule has 0 aliphatic heterocycles. The first-order chi connectivity index (χ1) is 7.00. The predicted octanol–water partition coefficient (Wildman–Crippen LogP) is 1.37. The van der Waals surface area contributed by atoms with E-state index in [4.69, 9.17) is 0 Å². The third-order valence-electron chi connectivity index (χ3n) is 2.60. The van der Waals surface area contributed by atoms with Crippen molar-refractivity contribution in [2.24, 2.45) is 0 Å². The molecular formula is C10H11NO4. The number of phenols is 1. The minimum absolute atomic E-state index is 0.304. The van der Waals surface area contributed by atoms with Gasteiger partial charge < -0.3 is 10.2 Å². The van der Waals surface area contributed by atoms with Crippen molar-refractivity contribution in [3.05, 3.63) is 33.9 Å². The summed E-state index contributed by atoms with van der Waals surface area (Å²) >= 11 is 0. The minimum Gasteiger partial charge on any atom is -0.502 e. The van der Waals surface area contributed by atoms with E-state index in [9.17, 15) is 20.3 Å². The van der Waals surface area contributed by atoms with Crippen LogP contribution in [0.4, 0.5) is 5.69 Å². The summed E-state index contributed by atoms with van der Waals surface area (Å²) in [6, 6.07) is 4.17. The Kier molecular flexibility index (Phi) is 2.12. The van der Waals surface area contributed by atoms with Crippen LogP contribution in [0.2, 0.25) is 0 Å². The van der Waals surface area contributed by atoms with Crippen LogP contribution in [0, 0.1) is 10.1 Å². The highest BCUT2D eigenvalue weighted by Crippen LogP contribution is 2.39. The number of benzene rings is 1. The summed E-state index contributed by atoms with van der Waals surface area (Å²) < 4.78 is 0. The van der Waals surface area contributed by atoms with E-state index < -0.39 is 10.5 Å². The maximum Gasteiger partial charge on any atom is 0.310 e. The van der Waals surface area contributed by atoms with Gasteiger partial charge >= 0.3 is 5.69 Å². The normalized spacial score (nSPS) is 17.4. The molecule has 1 aliphatic carbocycles. The van der Waals surface area contributed by atoms with Crippen LogP contribution in [0.3, 0.4) is 0 Å². The molecule has 0 saturated heterocycles. The smallest absolute Gasteiger partial charge is 0.310 e. The number of hydrogen-bond acceptors (Lipinski definition) is 4. The summed E-state index contributed by atoms with van der Waals surface area (Å²) in [6.07, 6.45) is 1.95. The Morgan fingerprint density at radius 1 is 1.47 bits per heavy atom. The highest BCUT2D eigenvalue weighted by Gasteiger charge is 2.40. The third kappa shape index (κ3) is 2.07. The van der Waals surface area contributed by atoms with Crippen molar-refractivity contribution in [3.63, 3.8) is 0 Å². The van der Waals surface area contributed by atoms with Gasteiger partial charge in [0.15, 0.2) is 5.75 Å². The summed E-state index contributed by atoms with van der Waals surface area (Å²) in [5.41, 5.74) is -0.234. The molecule has 2 N–H and O–H groups in total. The van der Waals surface area contributed by atoms with Crippen LogP contribution in [-0.4, -0.2) is 20.7 Å². The highest BCUT2D eigenvalue weighted by atomic mass is 16.6. The number of aromatic hydroxyl groups is 1. The van der Waals surface area contributed by atoms with Gasteiger partial charge in [-0.1, -0.05) is 6.07 Å². The van der Waals surface area contributed by atoms with Gasteiger partial charge in [-0.15, -0.1) is 0 Å². The molecule has 5 nitrogen and oxygen atoms in total. The first-order valence-corrected chi connectivity index (χ1v) is 4.69. The van der Waals surface area contributed by atoms with Gasteiger partial charge in [0.05, 0.1) is 10.5 Å². The Bertz CT molecular complexity index is 412. The van der Waals surface area contributed by atoms with Crippen LogP contribution < -0.4 is 0 Å². The zero-order valence-electron chi connectivity index (χ0n) is 8.01. The number of phenolic OH excluding ortho intramolecular Hbond substituents is 1. The molecule has 1 saturated carbocycles. The van der Waals surface area contributed by atoms with E-state index in [1.54, 1.807) is 6.07 Å². The van der Waals surface area contributed by atoms with E-state index in [0.29, 0.717) is 6.42 Å². The van der Waals surface area contributed by atoms with Crippen LogP contribution in [0.5, 0.6) is 5.75 Å². The fourth-order valence-electron chi connectivity index (χ4n) is 1.53. The van der Waals surface area contributed by atoms with Gasteiger partial charge in [0.25, 0.3) is 0 Å². The minimum atomic E-state index is -0.650. The summed E-state index contributed by atoms with van der Waals surface area (Å²) in [5.74, 6) is -0.346. The second-order valence-electron chi connectivity index (χ2n) is 3.98. The molecule has 1 aliphatic rings. The number of nitro groups is 1. The van der Waals surface area contributed by atoms with Crippen molar-refractivity contribution < 1.29 is 15.1 Å². The molecule has 1 aromatic carbocycles. The van der Waals surface area contributed by atoms with Crippen LogP contribution >= 0.6 is 0 Å². The van der Waals surface area contributed by atoms with E-state index in [0.717, 1.165) is 18.4 Å². The molecule has 5 heteroatoms. The quantitative estimate of drug-likeness (QED) is 0.581. The maximum absolute atomic E-state index is 10.4. The molecule has 0 bridgehead atoms. The highest BCUT2D eigenvalue weighted by molar-refractivity contribution is 5.47. The summed E-state index contributed by atoms with van der Waals surface area (Å²) in [5, 5.41) is 29.4. The molecule has 80 valence electrons. The Morgan fingerprint density at radius 2 is 2.13 bits per heavy atom. The van der Waals surface area contributed by atoms with E-state index in [-0.39, 0.29) is 11.4 Å². The maximum atomic E-state index is 10.4. The van der Waals surface area contributed by atoms with E-state index in [1.165, 1.54) is 12.1 Å². The Hall–Kier alpha value is -1.62. The Labute approximate surface area is 86.1 Å². The second kappa shape index (κ2) is 3.20. The second-order valence-corrected chi connectivity index (χ2v) is 3.98.